The van der Waals surface area contributed by atoms with Gasteiger partial charge in [-0.3, -0.25) is 4.79 Å². The molecule has 88 valence electrons. The summed E-state index contributed by atoms with van der Waals surface area (Å²) in [5, 5.41) is 9.08. The van der Waals surface area contributed by atoms with Gasteiger partial charge in [0, 0.05) is 13.0 Å². The van der Waals surface area contributed by atoms with Gasteiger partial charge in [-0.25, -0.2) is 0 Å². The number of nitrogens with two attached hydrogens (primary N) is 1. The standard InChI is InChI=1S/C11H22N2O2/c12-7-3-1-2-6-11(15)13-8-4-5-10(13)9-14/h10,14H,1-9,12H2/t10-/m0/s1. The lowest BCUT2D eigenvalue weighted by Gasteiger charge is -2.22. The molecule has 1 saturated heterocycles. The van der Waals surface area contributed by atoms with E-state index in [1.807, 2.05) is 4.90 Å². The normalized spacial score (nSPS) is 20.9. The predicted molar refractivity (Wildman–Crippen MR) is 59.3 cm³/mol. The summed E-state index contributed by atoms with van der Waals surface area (Å²) in [6.45, 7) is 1.63. The lowest BCUT2D eigenvalue weighted by molar-refractivity contribution is -0.132. The maximum absolute atomic E-state index is 11.8. The molecule has 0 aromatic heterocycles. The van der Waals surface area contributed by atoms with Crippen LogP contribution in [0.5, 0.6) is 0 Å². The van der Waals surface area contributed by atoms with Gasteiger partial charge in [-0.2, -0.15) is 0 Å². The summed E-state index contributed by atoms with van der Waals surface area (Å²) in [5.41, 5.74) is 5.38. The fraction of sp³-hybridized carbons (Fsp3) is 0.909. The van der Waals surface area contributed by atoms with Crippen molar-refractivity contribution in [1.82, 2.24) is 4.90 Å². The molecular formula is C11H22N2O2. The molecule has 1 amide bonds. The minimum atomic E-state index is 0.0759. The van der Waals surface area contributed by atoms with Gasteiger partial charge < -0.3 is 15.7 Å². The summed E-state index contributed by atoms with van der Waals surface area (Å²) < 4.78 is 0. The van der Waals surface area contributed by atoms with E-state index in [0.717, 1.165) is 38.6 Å². The molecule has 0 bridgehead atoms. The number of likely N-dealkylation sites (tertiary alicyclic amines) is 1. The maximum atomic E-state index is 11.8. The Morgan fingerprint density at radius 3 is 2.87 bits per heavy atom. The molecule has 1 aliphatic rings. The molecule has 4 heteroatoms. The van der Waals surface area contributed by atoms with Crippen molar-refractivity contribution in [2.24, 2.45) is 5.73 Å². The Morgan fingerprint density at radius 2 is 2.20 bits per heavy atom. The van der Waals surface area contributed by atoms with Crippen LogP contribution in [-0.2, 0) is 4.79 Å². The number of aliphatic hydroxyl groups excluding tert-OH is 1. The average molecular weight is 214 g/mol. The van der Waals surface area contributed by atoms with Crippen molar-refractivity contribution in [3.8, 4) is 0 Å². The SMILES string of the molecule is NCCCCCC(=O)N1CCC[C@H]1CO. The number of hydrogen-bond donors (Lipinski definition) is 2. The number of carbonyl (C=O) groups is 1. The Hall–Kier alpha value is -0.610. The van der Waals surface area contributed by atoms with E-state index in [2.05, 4.69) is 0 Å². The molecule has 1 aliphatic heterocycles. The van der Waals surface area contributed by atoms with Crippen LogP contribution in [0.2, 0.25) is 0 Å². The Bertz CT molecular complexity index is 197. The number of unbranched alkanes of at least 4 members (excludes halogenated alkanes) is 2. The molecule has 1 heterocycles. The van der Waals surface area contributed by atoms with Crippen molar-refractivity contribution < 1.29 is 9.90 Å². The van der Waals surface area contributed by atoms with Gasteiger partial charge in [0.1, 0.15) is 0 Å². The molecule has 0 saturated carbocycles. The highest BCUT2D eigenvalue weighted by atomic mass is 16.3. The van der Waals surface area contributed by atoms with Crippen LogP contribution in [0.3, 0.4) is 0 Å². The lowest BCUT2D eigenvalue weighted by atomic mass is 10.1. The summed E-state index contributed by atoms with van der Waals surface area (Å²) in [7, 11) is 0. The molecule has 1 rings (SSSR count). The first-order chi connectivity index (χ1) is 7.29. The van der Waals surface area contributed by atoms with E-state index in [1.165, 1.54) is 0 Å². The summed E-state index contributed by atoms with van der Waals surface area (Å²) >= 11 is 0. The molecule has 15 heavy (non-hydrogen) atoms. The minimum Gasteiger partial charge on any atom is -0.394 e. The van der Waals surface area contributed by atoms with E-state index in [4.69, 9.17) is 10.8 Å². The van der Waals surface area contributed by atoms with Crippen LogP contribution in [0.1, 0.15) is 38.5 Å². The van der Waals surface area contributed by atoms with Crippen molar-refractivity contribution in [3.05, 3.63) is 0 Å². The zero-order valence-electron chi connectivity index (χ0n) is 9.32. The zero-order valence-corrected chi connectivity index (χ0v) is 9.32. The molecule has 0 unspecified atom stereocenters. The van der Waals surface area contributed by atoms with Crippen LogP contribution in [0.25, 0.3) is 0 Å². The number of hydrogen-bond acceptors (Lipinski definition) is 3. The molecule has 0 aromatic rings. The highest BCUT2D eigenvalue weighted by Crippen LogP contribution is 2.18. The molecule has 3 N–H and O–H groups in total. The zero-order chi connectivity index (χ0) is 11.1. The maximum Gasteiger partial charge on any atom is 0.222 e. The first-order valence-electron chi connectivity index (χ1n) is 5.90. The van der Waals surface area contributed by atoms with Crippen LogP contribution in [-0.4, -0.2) is 41.7 Å². The molecular weight excluding hydrogens is 192 g/mol. The third kappa shape index (κ3) is 3.80. The van der Waals surface area contributed by atoms with Crippen LogP contribution >= 0.6 is 0 Å². The first kappa shape index (κ1) is 12.5. The van der Waals surface area contributed by atoms with E-state index >= 15 is 0 Å². The van der Waals surface area contributed by atoms with Gasteiger partial charge >= 0.3 is 0 Å². The quantitative estimate of drug-likeness (QED) is 0.632. The highest BCUT2D eigenvalue weighted by Gasteiger charge is 2.27. The van der Waals surface area contributed by atoms with Gasteiger partial charge in [-0.15, -0.1) is 0 Å². The Morgan fingerprint density at radius 1 is 1.40 bits per heavy atom. The van der Waals surface area contributed by atoms with Gasteiger partial charge in [-0.1, -0.05) is 6.42 Å². The number of rotatable bonds is 6. The van der Waals surface area contributed by atoms with Gasteiger partial charge in [-0.05, 0) is 32.2 Å². The second kappa shape index (κ2) is 6.80. The van der Waals surface area contributed by atoms with E-state index in [-0.39, 0.29) is 18.6 Å². The Labute approximate surface area is 91.4 Å². The highest BCUT2D eigenvalue weighted by molar-refractivity contribution is 5.76. The monoisotopic (exact) mass is 214 g/mol. The fourth-order valence-corrected chi connectivity index (χ4v) is 2.09. The fourth-order valence-electron chi connectivity index (χ4n) is 2.09. The van der Waals surface area contributed by atoms with Gasteiger partial charge in [0.15, 0.2) is 0 Å². The van der Waals surface area contributed by atoms with E-state index in [1.54, 1.807) is 0 Å². The van der Waals surface area contributed by atoms with E-state index in [0.29, 0.717) is 13.0 Å². The van der Waals surface area contributed by atoms with Crippen molar-refractivity contribution in [2.75, 3.05) is 19.7 Å². The van der Waals surface area contributed by atoms with E-state index < -0.39 is 0 Å². The summed E-state index contributed by atoms with van der Waals surface area (Å²) in [6, 6.07) is 0.0759. The second-order valence-electron chi connectivity index (χ2n) is 4.17. The summed E-state index contributed by atoms with van der Waals surface area (Å²) in [4.78, 5) is 13.6. The molecule has 0 spiro atoms. The average Bonchev–Trinajstić information content (AvgIpc) is 2.72. The Kier molecular flexibility index (Phi) is 5.65. The largest absolute Gasteiger partial charge is 0.394 e. The molecule has 0 radical (unpaired) electrons. The van der Waals surface area contributed by atoms with Crippen LogP contribution in [0, 0.1) is 0 Å². The minimum absolute atomic E-state index is 0.0759. The lowest BCUT2D eigenvalue weighted by Crippen LogP contribution is -2.37. The number of nitrogens with zero attached hydrogens (tertiary/aromatic N) is 1. The van der Waals surface area contributed by atoms with Crippen LogP contribution in [0.4, 0.5) is 0 Å². The van der Waals surface area contributed by atoms with Crippen molar-refractivity contribution in [3.63, 3.8) is 0 Å². The van der Waals surface area contributed by atoms with Crippen molar-refractivity contribution in [1.29, 1.82) is 0 Å². The van der Waals surface area contributed by atoms with Crippen LogP contribution < -0.4 is 5.73 Å². The topological polar surface area (TPSA) is 66.6 Å². The molecule has 1 fully saturated rings. The summed E-state index contributed by atoms with van der Waals surface area (Å²) in [5.74, 6) is 0.198. The van der Waals surface area contributed by atoms with Gasteiger partial charge in [0.2, 0.25) is 5.91 Å². The second-order valence-corrected chi connectivity index (χ2v) is 4.17. The third-order valence-electron chi connectivity index (χ3n) is 3.00. The third-order valence-corrected chi connectivity index (χ3v) is 3.00. The van der Waals surface area contributed by atoms with E-state index in [9.17, 15) is 4.79 Å². The van der Waals surface area contributed by atoms with Crippen molar-refractivity contribution in [2.45, 2.75) is 44.6 Å². The summed E-state index contributed by atoms with van der Waals surface area (Å²) in [6.07, 6.45) is 5.53. The predicted octanol–water partition coefficient (Wildman–Crippen LogP) is 0.489. The molecule has 4 nitrogen and oxygen atoms in total. The number of amides is 1. The van der Waals surface area contributed by atoms with Gasteiger partial charge in [0.25, 0.3) is 0 Å². The molecule has 0 aliphatic carbocycles. The molecule has 0 aromatic carbocycles. The van der Waals surface area contributed by atoms with Gasteiger partial charge in [0.05, 0.1) is 12.6 Å². The smallest absolute Gasteiger partial charge is 0.222 e. The molecule has 1 atom stereocenters. The van der Waals surface area contributed by atoms with Crippen molar-refractivity contribution >= 4 is 5.91 Å². The Balaban J connectivity index is 2.21. The number of aliphatic hydroxyl groups is 1. The first-order valence-corrected chi connectivity index (χ1v) is 5.90. The van der Waals surface area contributed by atoms with Crippen LogP contribution in [0.15, 0.2) is 0 Å². The number of carbonyl (C=O) groups excluding carboxylic acids is 1.